The Morgan fingerprint density at radius 1 is 0.895 bits per heavy atom. The van der Waals surface area contributed by atoms with Crippen molar-refractivity contribution in [3.63, 3.8) is 0 Å². The number of hydrogen-bond acceptors (Lipinski definition) is 2. The van der Waals surface area contributed by atoms with E-state index in [1.807, 2.05) is 20.8 Å². The van der Waals surface area contributed by atoms with Gasteiger partial charge in [0.15, 0.2) is 0 Å². The maximum atomic E-state index is 12.2. The first-order valence-electron chi connectivity index (χ1n) is 5.91. The summed E-state index contributed by atoms with van der Waals surface area (Å²) in [5.74, 6) is 0. The van der Waals surface area contributed by atoms with Crippen LogP contribution in [0.2, 0.25) is 18.1 Å². The van der Waals surface area contributed by atoms with Gasteiger partial charge >= 0.3 is 117 Å². The minimum atomic E-state index is -5.44. The van der Waals surface area contributed by atoms with Crippen LogP contribution in [-0.4, -0.2) is 26.8 Å². The van der Waals surface area contributed by atoms with Gasteiger partial charge < -0.3 is 0 Å². The van der Waals surface area contributed by atoms with Crippen LogP contribution < -0.4 is 0 Å². The SMILES string of the molecule is CC[Si](CC)(CC)[O][Zn][O]C(C(F)(F)F)C(F)(F)F. The molecule has 0 N–H and O–H groups in total. The van der Waals surface area contributed by atoms with E-state index in [-0.39, 0.29) is 0 Å². The first kappa shape index (κ1) is 19.3. The van der Waals surface area contributed by atoms with Gasteiger partial charge in [-0.2, -0.15) is 0 Å². The van der Waals surface area contributed by atoms with E-state index in [0.29, 0.717) is 18.1 Å². The molecule has 0 atom stereocenters. The third-order valence-electron chi connectivity index (χ3n) is 3.13. The van der Waals surface area contributed by atoms with Crippen molar-refractivity contribution in [3.05, 3.63) is 0 Å². The number of rotatable bonds is 7. The fourth-order valence-corrected chi connectivity index (χ4v) is 11.0. The van der Waals surface area contributed by atoms with Crippen LogP contribution in [0.15, 0.2) is 0 Å². The Bertz CT molecular complexity index is 244. The second-order valence-electron chi connectivity index (χ2n) is 4.14. The van der Waals surface area contributed by atoms with Crippen LogP contribution in [-0.2, 0) is 24.7 Å². The van der Waals surface area contributed by atoms with Gasteiger partial charge in [-0.05, 0) is 0 Å². The summed E-state index contributed by atoms with van der Waals surface area (Å²) in [6, 6.07) is 1.99. The Morgan fingerprint density at radius 3 is 1.53 bits per heavy atom. The summed E-state index contributed by atoms with van der Waals surface area (Å²) in [5.41, 5.74) is 0. The molecule has 0 unspecified atom stereocenters. The summed E-state index contributed by atoms with van der Waals surface area (Å²) in [6.45, 7) is 5.52. The molecule has 112 valence electrons. The minimum absolute atomic E-state index is 0.664. The summed E-state index contributed by atoms with van der Waals surface area (Å²) < 4.78 is 82.8. The standard InChI is InChI=1S/C6H15OSi.C3HF6O.Zn/c1-4-8(7,5-2)6-3;4-2(5,6)1(10)3(7,8)9;/h4-6H2,1-3H3;1H;/q2*-1;+2. The summed E-state index contributed by atoms with van der Waals surface area (Å²) >= 11 is -2.78. The molecule has 0 bridgehead atoms. The average molecular weight is 364 g/mol. The van der Waals surface area contributed by atoms with Gasteiger partial charge in [-0.3, -0.25) is 0 Å². The fraction of sp³-hybridized carbons (Fsp3) is 1.00. The molecule has 0 saturated heterocycles. The van der Waals surface area contributed by atoms with Crippen molar-refractivity contribution < 1.29 is 51.0 Å². The van der Waals surface area contributed by atoms with Crippen molar-refractivity contribution in [2.45, 2.75) is 57.4 Å². The van der Waals surface area contributed by atoms with Crippen molar-refractivity contribution >= 4 is 8.32 Å². The van der Waals surface area contributed by atoms with Gasteiger partial charge in [0.05, 0.1) is 0 Å². The van der Waals surface area contributed by atoms with Gasteiger partial charge in [-0.25, -0.2) is 0 Å². The fourth-order valence-electron chi connectivity index (χ4n) is 1.66. The molecule has 0 spiro atoms. The topological polar surface area (TPSA) is 18.5 Å². The predicted octanol–water partition coefficient (Wildman–Crippen LogP) is 4.43. The van der Waals surface area contributed by atoms with E-state index in [4.69, 9.17) is 3.25 Å². The molecule has 0 aliphatic carbocycles. The second-order valence-corrected chi connectivity index (χ2v) is 11.9. The van der Waals surface area contributed by atoms with Gasteiger partial charge in [0.2, 0.25) is 0 Å². The quantitative estimate of drug-likeness (QED) is 0.492. The number of halogens is 6. The first-order valence-corrected chi connectivity index (χ1v) is 10.9. The molecule has 0 saturated carbocycles. The van der Waals surface area contributed by atoms with Gasteiger partial charge in [0.1, 0.15) is 0 Å². The summed E-state index contributed by atoms with van der Waals surface area (Å²) in [4.78, 5) is 0. The Kier molecular flexibility index (Phi) is 7.51. The van der Waals surface area contributed by atoms with Crippen LogP contribution in [0.1, 0.15) is 20.8 Å². The monoisotopic (exact) mass is 362 g/mol. The van der Waals surface area contributed by atoms with Crippen LogP contribution in [0.5, 0.6) is 0 Å². The van der Waals surface area contributed by atoms with E-state index in [2.05, 4.69) is 3.56 Å². The molecule has 0 radical (unpaired) electrons. The summed E-state index contributed by atoms with van der Waals surface area (Å²) in [5, 5.41) is 0. The van der Waals surface area contributed by atoms with Crippen LogP contribution in [0, 0.1) is 0 Å². The molecule has 0 heterocycles. The van der Waals surface area contributed by atoms with E-state index < -0.39 is 44.6 Å². The van der Waals surface area contributed by atoms with Crippen LogP contribution in [0.4, 0.5) is 26.3 Å². The van der Waals surface area contributed by atoms with Crippen molar-refractivity contribution in [1.29, 1.82) is 0 Å². The number of hydrogen-bond donors (Lipinski definition) is 0. The molecular formula is C9H16F6O2SiZn. The van der Waals surface area contributed by atoms with E-state index in [1.54, 1.807) is 0 Å². The Morgan fingerprint density at radius 2 is 1.26 bits per heavy atom. The predicted molar refractivity (Wildman–Crippen MR) is 55.3 cm³/mol. The molecule has 10 heteroatoms. The second kappa shape index (κ2) is 7.38. The maximum absolute atomic E-state index is 12.2. The zero-order valence-electron chi connectivity index (χ0n) is 11.0. The molecule has 0 aromatic heterocycles. The Labute approximate surface area is 117 Å². The Hall–Kier alpha value is 0.340. The summed E-state index contributed by atoms with van der Waals surface area (Å²) in [7, 11) is -2.18. The normalized spacial score (nSPS) is 13.8. The van der Waals surface area contributed by atoms with E-state index in [9.17, 15) is 26.3 Å². The molecule has 0 rings (SSSR count). The first-order chi connectivity index (χ1) is 8.52. The third kappa shape index (κ3) is 6.10. The van der Waals surface area contributed by atoms with Gasteiger partial charge in [0, 0.05) is 0 Å². The third-order valence-corrected chi connectivity index (χ3v) is 13.3. The molecule has 0 fully saturated rings. The van der Waals surface area contributed by atoms with Crippen molar-refractivity contribution in [3.8, 4) is 0 Å². The molecule has 0 aliphatic heterocycles. The number of alkyl halides is 6. The van der Waals surface area contributed by atoms with Crippen LogP contribution >= 0.6 is 0 Å². The molecule has 0 amide bonds. The van der Waals surface area contributed by atoms with Gasteiger partial charge in [0.25, 0.3) is 0 Å². The van der Waals surface area contributed by atoms with Crippen molar-refractivity contribution in [2.75, 3.05) is 0 Å². The van der Waals surface area contributed by atoms with Gasteiger partial charge in [-0.1, -0.05) is 0 Å². The van der Waals surface area contributed by atoms with E-state index in [1.165, 1.54) is 0 Å². The summed E-state index contributed by atoms with van der Waals surface area (Å²) in [6.07, 6.45) is -14.6. The molecule has 2 nitrogen and oxygen atoms in total. The zero-order valence-corrected chi connectivity index (χ0v) is 15.0. The van der Waals surface area contributed by atoms with E-state index in [0.717, 1.165) is 0 Å². The van der Waals surface area contributed by atoms with Crippen LogP contribution in [0.25, 0.3) is 0 Å². The molecule has 0 aromatic rings. The van der Waals surface area contributed by atoms with Crippen molar-refractivity contribution in [1.82, 2.24) is 0 Å². The van der Waals surface area contributed by atoms with Crippen LogP contribution in [0.3, 0.4) is 0 Å². The molecule has 0 aliphatic rings. The van der Waals surface area contributed by atoms with E-state index >= 15 is 0 Å². The zero-order chi connectivity index (χ0) is 15.3. The molecule has 0 aromatic carbocycles. The Balaban J connectivity index is 4.59. The molecular weight excluding hydrogens is 348 g/mol. The van der Waals surface area contributed by atoms with Crippen molar-refractivity contribution in [2.24, 2.45) is 0 Å². The average Bonchev–Trinajstić information content (AvgIpc) is 2.27. The molecule has 19 heavy (non-hydrogen) atoms. The van der Waals surface area contributed by atoms with Gasteiger partial charge in [-0.15, -0.1) is 0 Å².